The highest BCUT2D eigenvalue weighted by Gasteiger charge is 2.27. The molecule has 5 rings (SSSR count). The Labute approximate surface area is 180 Å². The van der Waals surface area contributed by atoms with Gasteiger partial charge in [0, 0.05) is 67.8 Å². The molecule has 6 nitrogen and oxygen atoms in total. The van der Waals surface area contributed by atoms with E-state index in [9.17, 15) is 9.59 Å². The number of nitrogens with zero attached hydrogens (tertiary/aromatic N) is 3. The number of amides is 2. The van der Waals surface area contributed by atoms with Gasteiger partial charge < -0.3 is 14.8 Å². The maximum Gasteiger partial charge on any atom is 0.263 e. The van der Waals surface area contributed by atoms with Crippen LogP contribution in [0, 0.1) is 0 Å². The van der Waals surface area contributed by atoms with Crippen LogP contribution < -0.4 is 0 Å². The summed E-state index contributed by atoms with van der Waals surface area (Å²) in [4.78, 5) is 36.1. The first-order valence-electron chi connectivity index (χ1n) is 10.6. The van der Waals surface area contributed by atoms with Crippen molar-refractivity contribution >= 4 is 34.1 Å². The zero-order valence-electron chi connectivity index (χ0n) is 17.0. The summed E-state index contributed by atoms with van der Waals surface area (Å²) in [7, 11) is 0. The Morgan fingerprint density at radius 1 is 0.967 bits per heavy atom. The number of aromatic nitrogens is 1. The number of carbonyl (C=O) groups is 2. The highest BCUT2D eigenvalue weighted by atomic mass is 32.1. The number of hydrogen-bond donors (Lipinski definition) is 1. The number of thiophene rings is 1. The Hall–Kier alpha value is -2.64. The summed E-state index contributed by atoms with van der Waals surface area (Å²) in [6, 6.07) is 12.1. The van der Waals surface area contributed by atoms with Crippen LogP contribution in [0.2, 0.25) is 0 Å². The fourth-order valence-corrected chi connectivity index (χ4v) is 5.25. The molecule has 30 heavy (non-hydrogen) atoms. The van der Waals surface area contributed by atoms with Gasteiger partial charge in [-0.1, -0.05) is 24.3 Å². The van der Waals surface area contributed by atoms with Crippen molar-refractivity contribution in [1.82, 2.24) is 19.7 Å². The summed E-state index contributed by atoms with van der Waals surface area (Å²) >= 11 is 1.49. The lowest BCUT2D eigenvalue weighted by molar-refractivity contribution is -0.133. The number of hydrogen-bond acceptors (Lipinski definition) is 4. The number of nitrogens with one attached hydrogen (secondary N) is 1. The second-order valence-corrected chi connectivity index (χ2v) is 9.04. The second kappa shape index (κ2) is 8.24. The Kier molecular flexibility index (Phi) is 5.31. The summed E-state index contributed by atoms with van der Waals surface area (Å²) in [5.41, 5.74) is 3.67. The van der Waals surface area contributed by atoms with Crippen LogP contribution in [0.3, 0.4) is 0 Å². The fourth-order valence-electron chi connectivity index (χ4n) is 4.56. The van der Waals surface area contributed by atoms with Gasteiger partial charge in [-0.2, -0.15) is 0 Å². The molecule has 7 heteroatoms. The SMILES string of the molecule is O=C(CN1CCCN(C(=O)c2cccs2)CC1)N1CCc2[nH]c3ccccc3c2C1. The zero-order valence-corrected chi connectivity index (χ0v) is 17.8. The third kappa shape index (κ3) is 3.75. The minimum absolute atomic E-state index is 0.112. The van der Waals surface area contributed by atoms with E-state index in [1.165, 1.54) is 28.0 Å². The van der Waals surface area contributed by atoms with Crippen molar-refractivity contribution in [2.24, 2.45) is 0 Å². The molecular formula is C23H26N4O2S. The van der Waals surface area contributed by atoms with Crippen LogP contribution >= 0.6 is 11.3 Å². The van der Waals surface area contributed by atoms with Crippen molar-refractivity contribution in [2.75, 3.05) is 39.3 Å². The predicted molar refractivity (Wildman–Crippen MR) is 119 cm³/mol. The number of para-hydroxylation sites is 1. The normalized spacial score (nSPS) is 17.7. The summed E-state index contributed by atoms with van der Waals surface area (Å²) in [5, 5.41) is 3.16. The average Bonchev–Trinajstić information content (AvgIpc) is 3.37. The van der Waals surface area contributed by atoms with Crippen LogP contribution in [-0.4, -0.2) is 70.8 Å². The maximum atomic E-state index is 13.0. The van der Waals surface area contributed by atoms with Gasteiger partial charge in [-0.15, -0.1) is 11.3 Å². The minimum Gasteiger partial charge on any atom is -0.358 e. The molecule has 1 N–H and O–H groups in total. The molecule has 1 aromatic carbocycles. The molecule has 1 saturated heterocycles. The van der Waals surface area contributed by atoms with E-state index in [0.29, 0.717) is 19.6 Å². The molecule has 2 aliphatic heterocycles. The van der Waals surface area contributed by atoms with Gasteiger partial charge in [0.25, 0.3) is 5.91 Å². The van der Waals surface area contributed by atoms with E-state index >= 15 is 0 Å². The number of rotatable bonds is 3. The number of fused-ring (bicyclic) bond motifs is 3. The van der Waals surface area contributed by atoms with Crippen LogP contribution in [-0.2, 0) is 17.8 Å². The third-order valence-corrected chi connectivity index (χ3v) is 7.06. The number of carbonyl (C=O) groups excluding carboxylic acids is 2. The van der Waals surface area contributed by atoms with Crippen LogP contribution in [0.4, 0.5) is 0 Å². The van der Waals surface area contributed by atoms with E-state index in [4.69, 9.17) is 0 Å². The van der Waals surface area contributed by atoms with Crippen molar-refractivity contribution in [3.05, 3.63) is 57.9 Å². The summed E-state index contributed by atoms with van der Waals surface area (Å²) in [6.45, 7) is 4.89. The number of benzene rings is 1. The number of aromatic amines is 1. The summed E-state index contributed by atoms with van der Waals surface area (Å²) in [5.74, 6) is 0.296. The number of H-pyrrole nitrogens is 1. The minimum atomic E-state index is 0.112. The van der Waals surface area contributed by atoms with Gasteiger partial charge in [-0.05, 0) is 23.9 Å². The van der Waals surface area contributed by atoms with Crippen molar-refractivity contribution in [1.29, 1.82) is 0 Å². The molecule has 0 atom stereocenters. The van der Waals surface area contributed by atoms with Crippen molar-refractivity contribution < 1.29 is 9.59 Å². The van der Waals surface area contributed by atoms with Crippen molar-refractivity contribution in [3.8, 4) is 0 Å². The highest BCUT2D eigenvalue weighted by molar-refractivity contribution is 7.12. The molecule has 0 bridgehead atoms. The fraction of sp³-hybridized carbons (Fsp3) is 0.391. The standard InChI is InChI=1S/C23H26N4O2S/c28-22(27-11-8-20-18(15-27)17-5-1-2-6-19(17)24-20)16-25-9-4-10-26(13-12-25)23(29)21-7-3-14-30-21/h1-3,5-7,14,24H,4,8-13,15-16H2. The monoisotopic (exact) mass is 422 g/mol. The molecule has 0 unspecified atom stereocenters. The highest BCUT2D eigenvalue weighted by Crippen LogP contribution is 2.27. The zero-order chi connectivity index (χ0) is 20.5. The lowest BCUT2D eigenvalue weighted by Gasteiger charge is -2.30. The van der Waals surface area contributed by atoms with Gasteiger partial charge in [-0.3, -0.25) is 14.5 Å². The first kappa shape index (κ1) is 19.3. The second-order valence-electron chi connectivity index (χ2n) is 8.09. The van der Waals surface area contributed by atoms with Crippen LogP contribution in [0.25, 0.3) is 10.9 Å². The Morgan fingerprint density at radius 2 is 1.87 bits per heavy atom. The molecule has 0 saturated carbocycles. The Balaban J connectivity index is 1.20. The first-order valence-corrected chi connectivity index (χ1v) is 11.5. The lowest BCUT2D eigenvalue weighted by atomic mass is 10.0. The van der Waals surface area contributed by atoms with Gasteiger partial charge in [0.15, 0.2) is 0 Å². The molecule has 2 amide bonds. The molecule has 2 aliphatic rings. The van der Waals surface area contributed by atoms with Crippen LogP contribution in [0.5, 0.6) is 0 Å². The van der Waals surface area contributed by atoms with Gasteiger partial charge in [0.2, 0.25) is 5.91 Å². The molecule has 0 aliphatic carbocycles. The van der Waals surface area contributed by atoms with E-state index in [-0.39, 0.29) is 11.8 Å². The Bertz CT molecular complexity index is 1060. The summed E-state index contributed by atoms with van der Waals surface area (Å²) < 4.78 is 0. The van der Waals surface area contributed by atoms with E-state index in [2.05, 4.69) is 28.1 Å². The molecule has 4 heterocycles. The Morgan fingerprint density at radius 3 is 2.73 bits per heavy atom. The summed E-state index contributed by atoms with van der Waals surface area (Å²) in [6.07, 6.45) is 1.77. The van der Waals surface area contributed by atoms with Crippen LogP contribution in [0.1, 0.15) is 27.3 Å². The van der Waals surface area contributed by atoms with Gasteiger partial charge >= 0.3 is 0 Å². The topological polar surface area (TPSA) is 59.7 Å². The molecule has 2 aromatic heterocycles. The molecule has 156 valence electrons. The van der Waals surface area contributed by atoms with E-state index in [1.54, 1.807) is 0 Å². The molecule has 0 spiro atoms. The van der Waals surface area contributed by atoms with Gasteiger partial charge in [0.05, 0.1) is 11.4 Å². The van der Waals surface area contributed by atoms with Crippen LogP contribution in [0.15, 0.2) is 41.8 Å². The van der Waals surface area contributed by atoms with Gasteiger partial charge in [-0.25, -0.2) is 0 Å². The molecule has 0 radical (unpaired) electrons. The average molecular weight is 423 g/mol. The van der Waals surface area contributed by atoms with E-state index < -0.39 is 0 Å². The largest absolute Gasteiger partial charge is 0.358 e. The molecule has 3 aromatic rings. The third-order valence-electron chi connectivity index (χ3n) is 6.20. The first-order chi connectivity index (χ1) is 14.7. The van der Waals surface area contributed by atoms with Crippen molar-refractivity contribution in [2.45, 2.75) is 19.4 Å². The van der Waals surface area contributed by atoms with E-state index in [1.807, 2.05) is 33.4 Å². The van der Waals surface area contributed by atoms with E-state index in [0.717, 1.165) is 49.4 Å². The van der Waals surface area contributed by atoms with Gasteiger partial charge in [0.1, 0.15) is 0 Å². The smallest absolute Gasteiger partial charge is 0.263 e. The van der Waals surface area contributed by atoms with Crippen molar-refractivity contribution in [3.63, 3.8) is 0 Å². The predicted octanol–water partition coefficient (Wildman–Crippen LogP) is 2.96. The lowest BCUT2D eigenvalue weighted by Crippen LogP contribution is -2.43. The molecular weight excluding hydrogens is 396 g/mol. The quantitative estimate of drug-likeness (QED) is 0.706. The maximum absolute atomic E-state index is 13.0. The molecule has 1 fully saturated rings.